The minimum Gasteiger partial charge on any atom is -0.496 e. The quantitative estimate of drug-likeness (QED) is 0.749. The number of halogens is 1. The highest BCUT2D eigenvalue weighted by Crippen LogP contribution is 2.37. The van der Waals surface area contributed by atoms with Gasteiger partial charge in [-0.1, -0.05) is 12.1 Å². The highest BCUT2D eigenvalue weighted by atomic mass is 19.1. The minimum atomic E-state index is -0.514. The molecule has 0 fully saturated rings. The van der Waals surface area contributed by atoms with E-state index in [4.69, 9.17) is 4.74 Å². The van der Waals surface area contributed by atoms with E-state index in [1.54, 1.807) is 19.2 Å². The highest BCUT2D eigenvalue weighted by Gasteiger charge is 2.38. The molecule has 1 aliphatic heterocycles. The number of nitrogens with zero attached hydrogens (tertiary/aromatic N) is 1. The molecule has 0 saturated carbocycles. The molecule has 1 amide bonds. The number of fused-ring (bicyclic) bond motifs is 2. The predicted molar refractivity (Wildman–Crippen MR) is 99.0 cm³/mol. The number of H-pyrrole nitrogens is 1. The predicted octanol–water partition coefficient (Wildman–Crippen LogP) is 4.25. The molecule has 2 aromatic carbocycles. The van der Waals surface area contributed by atoms with Gasteiger partial charge in [0, 0.05) is 17.4 Å². The van der Waals surface area contributed by atoms with Crippen molar-refractivity contribution in [3.05, 3.63) is 65.1 Å². The third-order valence-electron chi connectivity index (χ3n) is 5.33. The van der Waals surface area contributed by atoms with E-state index in [9.17, 15) is 9.18 Å². The van der Waals surface area contributed by atoms with Crippen LogP contribution in [-0.4, -0.2) is 29.4 Å². The molecule has 0 aliphatic carbocycles. The molecule has 3 aromatic rings. The molecule has 0 bridgehead atoms. The number of nitrogens with one attached hydrogen (secondary N) is 1. The maximum Gasteiger partial charge on any atom is 0.271 e. The molecule has 2 heterocycles. The van der Waals surface area contributed by atoms with Gasteiger partial charge in [-0.05, 0) is 61.7 Å². The van der Waals surface area contributed by atoms with Crippen LogP contribution in [0.2, 0.25) is 0 Å². The van der Waals surface area contributed by atoms with E-state index in [1.807, 2.05) is 43.0 Å². The standard InChI is InChI=1S/C21H21FN2O2/c1-21(2)16-8-7-14(22)11-13(16)9-10-24(21)20(25)18-12-15-17(23-18)5-4-6-19(15)26-3/h4-8,11-12,23H,9-10H2,1-3H3. The summed E-state index contributed by atoms with van der Waals surface area (Å²) in [4.78, 5) is 18.3. The largest absolute Gasteiger partial charge is 0.496 e. The number of methoxy groups -OCH3 is 1. The first kappa shape index (κ1) is 16.6. The molecule has 0 unspecified atom stereocenters. The number of ether oxygens (including phenoxy) is 1. The summed E-state index contributed by atoms with van der Waals surface area (Å²) in [6.07, 6.45) is 0.645. The number of amides is 1. The maximum absolute atomic E-state index is 13.6. The Balaban J connectivity index is 1.74. The maximum atomic E-state index is 13.6. The number of aromatic amines is 1. The molecule has 0 atom stereocenters. The van der Waals surface area contributed by atoms with Crippen molar-refractivity contribution in [1.82, 2.24) is 9.88 Å². The number of hydrogen-bond acceptors (Lipinski definition) is 2. The fraction of sp³-hybridized carbons (Fsp3) is 0.286. The van der Waals surface area contributed by atoms with Crippen molar-refractivity contribution in [1.29, 1.82) is 0 Å². The van der Waals surface area contributed by atoms with Crippen molar-refractivity contribution in [2.75, 3.05) is 13.7 Å². The number of benzene rings is 2. The Bertz CT molecular complexity index is 1010. The Kier molecular flexibility index (Phi) is 3.75. The summed E-state index contributed by atoms with van der Waals surface area (Å²) in [6.45, 7) is 4.56. The summed E-state index contributed by atoms with van der Waals surface area (Å²) in [5.41, 5.74) is 2.84. The number of aromatic nitrogens is 1. The summed E-state index contributed by atoms with van der Waals surface area (Å²) in [5.74, 6) is 0.432. The van der Waals surface area contributed by atoms with Gasteiger partial charge in [0.1, 0.15) is 17.3 Å². The van der Waals surface area contributed by atoms with Crippen molar-refractivity contribution in [2.45, 2.75) is 25.8 Å². The van der Waals surface area contributed by atoms with E-state index in [0.29, 0.717) is 18.7 Å². The molecular formula is C21H21FN2O2. The van der Waals surface area contributed by atoms with Crippen LogP contribution < -0.4 is 4.74 Å². The van der Waals surface area contributed by atoms with Gasteiger partial charge in [-0.25, -0.2) is 4.39 Å². The van der Waals surface area contributed by atoms with Crippen LogP contribution in [0.4, 0.5) is 4.39 Å². The van der Waals surface area contributed by atoms with Crippen LogP contribution in [0, 0.1) is 5.82 Å². The van der Waals surface area contributed by atoms with E-state index in [-0.39, 0.29) is 11.7 Å². The summed E-state index contributed by atoms with van der Waals surface area (Å²) in [6, 6.07) is 12.4. The Morgan fingerprint density at radius 3 is 2.81 bits per heavy atom. The second-order valence-electron chi connectivity index (χ2n) is 7.17. The zero-order valence-corrected chi connectivity index (χ0v) is 15.1. The first-order chi connectivity index (χ1) is 12.4. The van der Waals surface area contributed by atoms with E-state index < -0.39 is 5.54 Å². The van der Waals surface area contributed by atoms with Crippen molar-refractivity contribution >= 4 is 16.8 Å². The number of hydrogen-bond donors (Lipinski definition) is 1. The number of carbonyl (C=O) groups is 1. The van der Waals surface area contributed by atoms with Gasteiger partial charge in [0.15, 0.2) is 0 Å². The molecular weight excluding hydrogens is 331 g/mol. The summed E-state index contributed by atoms with van der Waals surface area (Å²) in [7, 11) is 1.62. The molecule has 0 radical (unpaired) electrons. The fourth-order valence-corrected chi connectivity index (χ4v) is 3.94. The Morgan fingerprint density at radius 1 is 1.23 bits per heavy atom. The highest BCUT2D eigenvalue weighted by molar-refractivity contribution is 6.00. The SMILES string of the molecule is COc1cccc2[nH]c(C(=O)N3CCc4cc(F)ccc4C3(C)C)cc12. The van der Waals surface area contributed by atoms with Gasteiger partial charge in [0.25, 0.3) is 5.91 Å². The first-order valence-electron chi connectivity index (χ1n) is 8.68. The van der Waals surface area contributed by atoms with Crippen LogP contribution in [0.3, 0.4) is 0 Å². The lowest BCUT2D eigenvalue weighted by Gasteiger charge is -2.43. The lowest BCUT2D eigenvalue weighted by Crippen LogP contribution is -2.50. The average molecular weight is 352 g/mol. The molecule has 26 heavy (non-hydrogen) atoms. The van der Waals surface area contributed by atoms with E-state index in [1.165, 1.54) is 6.07 Å². The number of rotatable bonds is 2. The van der Waals surface area contributed by atoms with Crippen LogP contribution in [0.5, 0.6) is 5.75 Å². The normalized spacial score (nSPS) is 15.8. The third kappa shape index (κ3) is 2.46. The Hall–Kier alpha value is -2.82. The molecule has 0 spiro atoms. The van der Waals surface area contributed by atoms with Gasteiger partial charge in [0.05, 0.1) is 12.6 Å². The van der Waals surface area contributed by atoms with E-state index in [2.05, 4.69) is 4.98 Å². The summed E-state index contributed by atoms with van der Waals surface area (Å²) >= 11 is 0. The zero-order chi connectivity index (χ0) is 18.5. The molecule has 1 aromatic heterocycles. The van der Waals surface area contributed by atoms with Crippen LogP contribution in [0.15, 0.2) is 42.5 Å². The third-order valence-corrected chi connectivity index (χ3v) is 5.33. The van der Waals surface area contributed by atoms with Gasteiger partial charge >= 0.3 is 0 Å². The molecule has 1 N–H and O–H groups in total. The van der Waals surface area contributed by atoms with Crippen LogP contribution in [0.25, 0.3) is 10.9 Å². The van der Waals surface area contributed by atoms with Crippen LogP contribution in [-0.2, 0) is 12.0 Å². The van der Waals surface area contributed by atoms with Gasteiger partial charge in [-0.15, -0.1) is 0 Å². The minimum absolute atomic E-state index is 0.0665. The smallest absolute Gasteiger partial charge is 0.271 e. The lowest BCUT2D eigenvalue weighted by atomic mass is 9.83. The fourth-order valence-electron chi connectivity index (χ4n) is 3.94. The average Bonchev–Trinajstić information content (AvgIpc) is 3.05. The van der Waals surface area contributed by atoms with Crippen molar-refractivity contribution in [2.24, 2.45) is 0 Å². The molecule has 4 nitrogen and oxygen atoms in total. The van der Waals surface area contributed by atoms with Gasteiger partial charge < -0.3 is 14.6 Å². The molecule has 1 aliphatic rings. The van der Waals surface area contributed by atoms with Gasteiger partial charge in [-0.2, -0.15) is 0 Å². The summed E-state index contributed by atoms with van der Waals surface area (Å²) in [5, 5.41) is 0.885. The van der Waals surface area contributed by atoms with Gasteiger partial charge in [-0.3, -0.25) is 4.79 Å². The van der Waals surface area contributed by atoms with Crippen molar-refractivity contribution < 1.29 is 13.9 Å². The Labute approximate surface area is 151 Å². The van der Waals surface area contributed by atoms with Crippen molar-refractivity contribution in [3.8, 4) is 5.75 Å². The van der Waals surface area contributed by atoms with Crippen molar-refractivity contribution in [3.63, 3.8) is 0 Å². The Morgan fingerprint density at radius 2 is 2.04 bits per heavy atom. The summed E-state index contributed by atoms with van der Waals surface area (Å²) < 4.78 is 18.9. The molecule has 134 valence electrons. The lowest BCUT2D eigenvalue weighted by molar-refractivity contribution is 0.0508. The number of carbonyl (C=O) groups excluding carboxylic acids is 1. The second kappa shape index (κ2) is 5.87. The second-order valence-corrected chi connectivity index (χ2v) is 7.17. The topological polar surface area (TPSA) is 45.3 Å². The molecule has 5 heteroatoms. The molecule has 4 rings (SSSR count). The van der Waals surface area contributed by atoms with Crippen LogP contribution >= 0.6 is 0 Å². The monoisotopic (exact) mass is 352 g/mol. The van der Waals surface area contributed by atoms with Crippen LogP contribution in [0.1, 0.15) is 35.5 Å². The first-order valence-corrected chi connectivity index (χ1v) is 8.68. The molecule has 0 saturated heterocycles. The van der Waals surface area contributed by atoms with E-state index in [0.717, 1.165) is 27.8 Å². The zero-order valence-electron chi connectivity index (χ0n) is 15.1. The van der Waals surface area contributed by atoms with Gasteiger partial charge in [0.2, 0.25) is 0 Å². The van der Waals surface area contributed by atoms with E-state index >= 15 is 0 Å².